The third-order valence-corrected chi connectivity index (χ3v) is 4.03. The van der Waals surface area contributed by atoms with Crippen LogP contribution in [0.15, 0.2) is 0 Å². The molecule has 2 atom stereocenters. The summed E-state index contributed by atoms with van der Waals surface area (Å²) in [4.78, 5) is 0. The second-order valence-electron chi connectivity index (χ2n) is 3.96. The van der Waals surface area contributed by atoms with Crippen molar-refractivity contribution >= 4 is 11.8 Å². The molecular formula is C10H19NOS. The zero-order chi connectivity index (χ0) is 8.93. The predicted octanol–water partition coefficient (Wildman–Crippen LogP) is 1.65. The van der Waals surface area contributed by atoms with Gasteiger partial charge >= 0.3 is 0 Å². The molecule has 2 saturated heterocycles. The second-order valence-corrected chi connectivity index (χ2v) is 5.11. The fourth-order valence-corrected chi connectivity index (χ4v) is 3.11. The van der Waals surface area contributed by atoms with E-state index < -0.39 is 0 Å². The minimum absolute atomic E-state index is 0.506. The van der Waals surface area contributed by atoms with Gasteiger partial charge in [0.1, 0.15) is 0 Å². The number of rotatable bonds is 3. The zero-order valence-electron chi connectivity index (χ0n) is 8.13. The maximum atomic E-state index is 5.57. The van der Waals surface area contributed by atoms with Gasteiger partial charge in [0.05, 0.1) is 6.10 Å². The van der Waals surface area contributed by atoms with E-state index >= 15 is 0 Å². The van der Waals surface area contributed by atoms with Crippen LogP contribution in [0.3, 0.4) is 0 Å². The highest BCUT2D eigenvalue weighted by atomic mass is 32.2. The second kappa shape index (κ2) is 5.23. The van der Waals surface area contributed by atoms with Crippen LogP contribution in [-0.2, 0) is 4.74 Å². The standard InChI is InChI=1S/C10H19NOS/c1-4-10(12-5-1)7-11-9-3-2-6-13-8-9/h9-11H,1-8H2/t9-,10-/m1/s1. The predicted molar refractivity (Wildman–Crippen MR) is 57.3 cm³/mol. The summed E-state index contributed by atoms with van der Waals surface area (Å²) < 4.78 is 5.57. The quantitative estimate of drug-likeness (QED) is 0.750. The molecule has 0 amide bonds. The lowest BCUT2D eigenvalue weighted by molar-refractivity contribution is 0.107. The van der Waals surface area contributed by atoms with Crippen molar-refractivity contribution in [3.63, 3.8) is 0 Å². The molecule has 0 aromatic carbocycles. The summed E-state index contributed by atoms with van der Waals surface area (Å²) in [5.41, 5.74) is 0. The Kier molecular flexibility index (Phi) is 3.94. The first-order chi connectivity index (χ1) is 6.45. The lowest BCUT2D eigenvalue weighted by atomic mass is 10.1. The monoisotopic (exact) mass is 201 g/mol. The van der Waals surface area contributed by atoms with E-state index in [1.54, 1.807) is 0 Å². The van der Waals surface area contributed by atoms with Crippen LogP contribution in [0.2, 0.25) is 0 Å². The van der Waals surface area contributed by atoms with Crippen LogP contribution >= 0.6 is 11.8 Å². The van der Waals surface area contributed by atoms with Crippen molar-refractivity contribution in [3.8, 4) is 0 Å². The third-order valence-electron chi connectivity index (χ3n) is 2.82. The highest BCUT2D eigenvalue weighted by molar-refractivity contribution is 7.99. The normalized spacial score (nSPS) is 35.1. The van der Waals surface area contributed by atoms with E-state index in [0.29, 0.717) is 6.10 Å². The molecule has 2 heterocycles. The molecule has 0 aliphatic carbocycles. The molecule has 0 unspecified atom stereocenters. The van der Waals surface area contributed by atoms with Crippen LogP contribution in [0.1, 0.15) is 25.7 Å². The highest BCUT2D eigenvalue weighted by Gasteiger charge is 2.18. The average molecular weight is 201 g/mol. The SMILES string of the molecule is C1CSC[C@H](NC[C@H]2CCCO2)C1. The Hall–Kier alpha value is 0.270. The minimum atomic E-state index is 0.506. The summed E-state index contributed by atoms with van der Waals surface area (Å²) in [6, 6.07) is 0.753. The van der Waals surface area contributed by atoms with Gasteiger partial charge in [-0.3, -0.25) is 0 Å². The van der Waals surface area contributed by atoms with E-state index in [4.69, 9.17) is 4.74 Å². The molecule has 2 aliphatic heterocycles. The molecule has 2 aliphatic rings. The van der Waals surface area contributed by atoms with E-state index in [2.05, 4.69) is 17.1 Å². The van der Waals surface area contributed by atoms with Gasteiger partial charge < -0.3 is 10.1 Å². The molecule has 2 fully saturated rings. The molecule has 3 heteroatoms. The minimum Gasteiger partial charge on any atom is -0.377 e. The van der Waals surface area contributed by atoms with Gasteiger partial charge in [0.25, 0.3) is 0 Å². The molecule has 0 spiro atoms. The molecule has 0 radical (unpaired) electrons. The molecular weight excluding hydrogens is 182 g/mol. The van der Waals surface area contributed by atoms with Crippen LogP contribution in [0.5, 0.6) is 0 Å². The maximum absolute atomic E-state index is 5.57. The van der Waals surface area contributed by atoms with Gasteiger partial charge in [0.2, 0.25) is 0 Å². The van der Waals surface area contributed by atoms with Gasteiger partial charge in [-0.2, -0.15) is 11.8 Å². The van der Waals surface area contributed by atoms with Gasteiger partial charge in [0.15, 0.2) is 0 Å². The first kappa shape index (κ1) is 9.81. The van der Waals surface area contributed by atoms with Crippen molar-refractivity contribution < 1.29 is 4.74 Å². The largest absolute Gasteiger partial charge is 0.377 e. The van der Waals surface area contributed by atoms with Gasteiger partial charge in [0, 0.05) is 24.9 Å². The lowest BCUT2D eigenvalue weighted by Crippen LogP contribution is -2.38. The molecule has 0 aromatic heterocycles. The van der Waals surface area contributed by atoms with Gasteiger partial charge in [-0.25, -0.2) is 0 Å². The van der Waals surface area contributed by atoms with Gasteiger partial charge in [-0.15, -0.1) is 0 Å². The maximum Gasteiger partial charge on any atom is 0.0700 e. The number of ether oxygens (including phenoxy) is 1. The summed E-state index contributed by atoms with van der Waals surface area (Å²) in [7, 11) is 0. The Morgan fingerprint density at radius 3 is 3.00 bits per heavy atom. The first-order valence-electron chi connectivity index (χ1n) is 5.38. The van der Waals surface area contributed by atoms with E-state index in [9.17, 15) is 0 Å². The van der Waals surface area contributed by atoms with Crippen molar-refractivity contribution in [3.05, 3.63) is 0 Å². The Bertz CT molecular complexity index is 142. The zero-order valence-corrected chi connectivity index (χ0v) is 8.94. The Balaban J connectivity index is 1.60. The number of nitrogens with one attached hydrogen (secondary N) is 1. The summed E-state index contributed by atoms with van der Waals surface area (Å²) in [6.45, 7) is 2.05. The van der Waals surface area contributed by atoms with Gasteiger partial charge in [-0.05, 0) is 31.4 Å². The summed E-state index contributed by atoms with van der Waals surface area (Å²) in [6.07, 6.45) is 5.76. The van der Waals surface area contributed by atoms with Gasteiger partial charge in [-0.1, -0.05) is 0 Å². The smallest absolute Gasteiger partial charge is 0.0700 e. The third kappa shape index (κ3) is 3.15. The first-order valence-corrected chi connectivity index (χ1v) is 6.53. The van der Waals surface area contributed by atoms with E-state index in [-0.39, 0.29) is 0 Å². The summed E-state index contributed by atoms with van der Waals surface area (Å²) >= 11 is 2.08. The fourth-order valence-electron chi connectivity index (χ4n) is 2.01. The molecule has 0 aromatic rings. The molecule has 0 bridgehead atoms. The number of hydrogen-bond acceptors (Lipinski definition) is 3. The van der Waals surface area contributed by atoms with Crippen molar-refractivity contribution in [2.45, 2.75) is 37.8 Å². The van der Waals surface area contributed by atoms with Crippen LogP contribution in [0.4, 0.5) is 0 Å². The Morgan fingerprint density at radius 2 is 2.31 bits per heavy atom. The van der Waals surface area contributed by atoms with Crippen LogP contribution in [0.25, 0.3) is 0 Å². The highest BCUT2D eigenvalue weighted by Crippen LogP contribution is 2.17. The van der Waals surface area contributed by atoms with Crippen LogP contribution in [-0.4, -0.2) is 36.8 Å². The van der Waals surface area contributed by atoms with E-state index in [1.807, 2.05) is 0 Å². The average Bonchev–Trinajstić information content (AvgIpc) is 2.69. The van der Waals surface area contributed by atoms with E-state index in [0.717, 1.165) is 19.2 Å². The number of hydrogen-bond donors (Lipinski definition) is 1. The molecule has 13 heavy (non-hydrogen) atoms. The van der Waals surface area contributed by atoms with Crippen molar-refractivity contribution in [1.82, 2.24) is 5.32 Å². The van der Waals surface area contributed by atoms with Crippen molar-refractivity contribution in [1.29, 1.82) is 0 Å². The molecule has 2 nitrogen and oxygen atoms in total. The molecule has 2 rings (SSSR count). The van der Waals surface area contributed by atoms with Crippen LogP contribution < -0.4 is 5.32 Å². The number of thioether (sulfide) groups is 1. The molecule has 0 saturated carbocycles. The van der Waals surface area contributed by atoms with Crippen molar-refractivity contribution in [2.24, 2.45) is 0 Å². The fraction of sp³-hybridized carbons (Fsp3) is 1.00. The van der Waals surface area contributed by atoms with Crippen molar-refractivity contribution in [2.75, 3.05) is 24.7 Å². The topological polar surface area (TPSA) is 21.3 Å². The summed E-state index contributed by atoms with van der Waals surface area (Å²) in [5, 5.41) is 3.62. The van der Waals surface area contributed by atoms with E-state index in [1.165, 1.54) is 37.2 Å². The Morgan fingerprint density at radius 1 is 1.31 bits per heavy atom. The van der Waals surface area contributed by atoms with Crippen LogP contribution in [0, 0.1) is 0 Å². The molecule has 76 valence electrons. The summed E-state index contributed by atoms with van der Waals surface area (Å²) in [5.74, 6) is 2.66. The molecule has 1 N–H and O–H groups in total. The Labute approximate surface area is 84.8 Å². The lowest BCUT2D eigenvalue weighted by Gasteiger charge is -2.23.